The van der Waals surface area contributed by atoms with Gasteiger partial charge < -0.3 is 15.3 Å². The van der Waals surface area contributed by atoms with Crippen LogP contribution in [0.1, 0.15) is 20.3 Å². The molecule has 3 heterocycles. The molecule has 0 spiro atoms. The smallest absolute Gasteiger partial charge is 0.245 e. The Morgan fingerprint density at radius 2 is 2.03 bits per heavy atom. The quantitative estimate of drug-likeness (QED) is 0.546. The molecule has 0 radical (unpaired) electrons. The van der Waals surface area contributed by atoms with E-state index >= 15 is 0 Å². The molecule has 2 aromatic heterocycles. The number of phenolic OH excluding ortho intramolecular Hbond substituents is 1. The largest absolute Gasteiger partial charge is 0.507 e. The van der Waals surface area contributed by atoms with Crippen molar-refractivity contribution in [2.24, 2.45) is 5.92 Å². The molecule has 30 heavy (non-hydrogen) atoms. The second kappa shape index (κ2) is 10.6. The Morgan fingerprint density at radius 3 is 2.67 bits per heavy atom. The van der Waals surface area contributed by atoms with Gasteiger partial charge in [-0.3, -0.25) is 5.10 Å². The molecule has 0 amide bonds. The van der Waals surface area contributed by atoms with Gasteiger partial charge in [-0.2, -0.15) is 5.10 Å². The average Bonchev–Trinajstić information content (AvgIpc) is 3.28. The summed E-state index contributed by atoms with van der Waals surface area (Å²) >= 11 is 0. The van der Waals surface area contributed by atoms with Gasteiger partial charge in [0, 0.05) is 43.0 Å². The Bertz CT molecular complexity index is 921. The van der Waals surface area contributed by atoms with Gasteiger partial charge in [0.15, 0.2) is 0 Å². The third-order valence-corrected chi connectivity index (χ3v) is 5.47. The van der Waals surface area contributed by atoms with Gasteiger partial charge >= 0.3 is 0 Å². The van der Waals surface area contributed by atoms with Crippen LogP contribution < -0.4 is 10.2 Å². The standard InChI is InChI=1S/C20H25N7O.2ClH/c1-3-13(2)18-12-27(7-6-21-18)20-22-11-17(25-26-20)16-5-4-14(8-19(16)28)15-9-23-24-10-15;;/h4-5,8-11,13,18,21,28H,3,6-7,12H2,1-2H3,(H,23,24);2*1H. The predicted octanol–water partition coefficient (Wildman–Crippen LogP) is 3.30. The number of piperazine rings is 1. The molecule has 3 aromatic rings. The number of aromatic amines is 1. The van der Waals surface area contributed by atoms with E-state index in [2.05, 4.69) is 49.4 Å². The van der Waals surface area contributed by atoms with E-state index in [0.29, 0.717) is 29.2 Å². The molecule has 1 fully saturated rings. The number of H-pyrrole nitrogens is 1. The van der Waals surface area contributed by atoms with Gasteiger partial charge in [-0.1, -0.05) is 26.3 Å². The molecular formula is C20H27Cl2N7O. The molecule has 0 bridgehead atoms. The molecule has 1 saturated heterocycles. The summed E-state index contributed by atoms with van der Waals surface area (Å²) < 4.78 is 0. The maximum absolute atomic E-state index is 10.4. The zero-order valence-corrected chi connectivity index (χ0v) is 18.6. The van der Waals surface area contributed by atoms with Crippen LogP contribution in [0.5, 0.6) is 5.75 Å². The van der Waals surface area contributed by atoms with E-state index in [1.54, 1.807) is 24.7 Å². The number of hydrogen-bond donors (Lipinski definition) is 3. The highest BCUT2D eigenvalue weighted by Crippen LogP contribution is 2.32. The monoisotopic (exact) mass is 451 g/mol. The minimum Gasteiger partial charge on any atom is -0.507 e. The lowest BCUT2D eigenvalue weighted by Gasteiger charge is -2.36. The lowest BCUT2D eigenvalue weighted by Crippen LogP contribution is -2.53. The molecule has 2 atom stereocenters. The Labute approximate surface area is 188 Å². The van der Waals surface area contributed by atoms with Crippen LogP contribution in [0.2, 0.25) is 0 Å². The Hall–Kier alpha value is -2.42. The molecule has 0 aliphatic carbocycles. The van der Waals surface area contributed by atoms with Crippen molar-refractivity contribution in [2.45, 2.75) is 26.3 Å². The summed E-state index contributed by atoms with van der Waals surface area (Å²) in [5.74, 6) is 1.37. The molecule has 2 unspecified atom stereocenters. The van der Waals surface area contributed by atoms with Gasteiger partial charge in [0.2, 0.25) is 5.95 Å². The Balaban J connectivity index is 0.00000160. The van der Waals surface area contributed by atoms with Gasteiger partial charge in [-0.15, -0.1) is 35.0 Å². The zero-order chi connectivity index (χ0) is 19.5. The van der Waals surface area contributed by atoms with Crippen LogP contribution in [0.25, 0.3) is 22.4 Å². The topological polar surface area (TPSA) is 103 Å². The number of halogens is 2. The number of nitrogens with zero attached hydrogens (tertiary/aromatic N) is 5. The molecule has 162 valence electrons. The molecule has 8 nitrogen and oxygen atoms in total. The summed E-state index contributed by atoms with van der Waals surface area (Å²) in [6.45, 7) is 7.12. The minimum absolute atomic E-state index is 0. The van der Waals surface area contributed by atoms with Crippen LogP contribution in [0.4, 0.5) is 5.95 Å². The van der Waals surface area contributed by atoms with E-state index < -0.39 is 0 Å². The third-order valence-electron chi connectivity index (χ3n) is 5.47. The summed E-state index contributed by atoms with van der Waals surface area (Å²) in [6.07, 6.45) is 6.31. The number of hydrogen-bond acceptors (Lipinski definition) is 7. The van der Waals surface area contributed by atoms with Crippen LogP contribution in [0.3, 0.4) is 0 Å². The van der Waals surface area contributed by atoms with Crippen molar-refractivity contribution in [3.8, 4) is 28.1 Å². The molecule has 1 aliphatic rings. The summed E-state index contributed by atoms with van der Waals surface area (Å²) in [5, 5.41) is 29.4. The van der Waals surface area contributed by atoms with E-state index in [0.717, 1.165) is 37.2 Å². The Kier molecular flexibility index (Phi) is 8.40. The second-order valence-corrected chi connectivity index (χ2v) is 7.25. The summed E-state index contributed by atoms with van der Waals surface area (Å²) in [5.41, 5.74) is 2.95. The van der Waals surface area contributed by atoms with Crippen molar-refractivity contribution < 1.29 is 5.11 Å². The molecule has 1 aromatic carbocycles. The number of benzene rings is 1. The third kappa shape index (κ3) is 5.00. The fourth-order valence-electron chi connectivity index (χ4n) is 3.50. The van der Waals surface area contributed by atoms with Crippen LogP contribution in [-0.4, -0.2) is 56.2 Å². The van der Waals surface area contributed by atoms with Crippen molar-refractivity contribution in [3.63, 3.8) is 0 Å². The van der Waals surface area contributed by atoms with Crippen molar-refractivity contribution in [1.82, 2.24) is 30.7 Å². The van der Waals surface area contributed by atoms with E-state index in [4.69, 9.17) is 0 Å². The lowest BCUT2D eigenvalue weighted by molar-refractivity contribution is 0.339. The average molecular weight is 452 g/mol. The fourth-order valence-corrected chi connectivity index (χ4v) is 3.50. The van der Waals surface area contributed by atoms with E-state index in [1.165, 1.54) is 0 Å². The van der Waals surface area contributed by atoms with Crippen LogP contribution >= 0.6 is 24.8 Å². The molecular weight excluding hydrogens is 425 g/mol. The van der Waals surface area contributed by atoms with Gasteiger partial charge in [0.1, 0.15) is 11.4 Å². The number of anilines is 1. The fraction of sp³-hybridized carbons (Fsp3) is 0.400. The summed E-state index contributed by atoms with van der Waals surface area (Å²) in [6, 6.07) is 5.87. The normalized spacial score (nSPS) is 17.0. The lowest BCUT2D eigenvalue weighted by atomic mass is 9.97. The predicted molar refractivity (Wildman–Crippen MR) is 122 cm³/mol. The maximum atomic E-state index is 10.4. The van der Waals surface area contributed by atoms with Crippen LogP contribution in [-0.2, 0) is 0 Å². The SMILES string of the molecule is CCC(C)C1CN(c2ncc(-c3ccc(-c4cn[nH]c4)cc3O)nn2)CCN1.Cl.Cl. The number of rotatable bonds is 5. The van der Waals surface area contributed by atoms with E-state index in [9.17, 15) is 5.11 Å². The molecule has 4 rings (SSSR count). The number of phenols is 1. The van der Waals surface area contributed by atoms with Crippen molar-refractivity contribution in [1.29, 1.82) is 0 Å². The van der Waals surface area contributed by atoms with Crippen molar-refractivity contribution >= 4 is 30.8 Å². The highest BCUT2D eigenvalue weighted by Gasteiger charge is 2.25. The van der Waals surface area contributed by atoms with Crippen molar-refractivity contribution in [3.05, 3.63) is 36.8 Å². The highest BCUT2D eigenvalue weighted by molar-refractivity contribution is 5.85. The first-order valence-corrected chi connectivity index (χ1v) is 9.66. The molecule has 0 saturated carbocycles. The first kappa shape index (κ1) is 23.9. The number of nitrogens with one attached hydrogen (secondary N) is 2. The van der Waals surface area contributed by atoms with E-state index in [-0.39, 0.29) is 30.6 Å². The van der Waals surface area contributed by atoms with Gasteiger partial charge in [0.05, 0.1) is 12.4 Å². The first-order chi connectivity index (χ1) is 13.7. The van der Waals surface area contributed by atoms with Gasteiger partial charge in [-0.05, 0) is 23.6 Å². The molecule has 3 N–H and O–H groups in total. The number of aromatic nitrogens is 5. The van der Waals surface area contributed by atoms with Crippen LogP contribution in [0.15, 0.2) is 36.8 Å². The first-order valence-electron chi connectivity index (χ1n) is 9.66. The van der Waals surface area contributed by atoms with E-state index in [1.807, 2.05) is 12.1 Å². The molecule has 1 aliphatic heterocycles. The Morgan fingerprint density at radius 1 is 1.20 bits per heavy atom. The minimum atomic E-state index is 0. The van der Waals surface area contributed by atoms with Crippen molar-refractivity contribution in [2.75, 3.05) is 24.5 Å². The number of aromatic hydroxyl groups is 1. The van der Waals surface area contributed by atoms with Gasteiger partial charge in [0.25, 0.3) is 0 Å². The highest BCUT2D eigenvalue weighted by atomic mass is 35.5. The summed E-state index contributed by atoms with van der Waals surface area (Å²) in [7, 11) is 0. The second-order valence-electron chi connectivity index (χ2n) is 7.25. The zero-order valence-electron chi connectivity index (χ0n) is 16.9. The molecule has 10 heteroatoms. The van der Waals surface area contributed by atoms with Gasteiger partial charge in [-0.25, -0.2) is 4.98 Å². The maximum Gasteiger partial charge on any atom is 0.245 e. The summed E-state index contributed by atoms with van der Waals surface area (Å²) in [4.78, 5) is 6.68. The van der Waals surface area contributed by atoms with Crippen LogP contribution in [0, 0.1) is 5.92 Å².